The van der Waals surface area contributed by atoms with E-state index in [1.165, 1.54) is 25.1 Å². The van der Waals surface area contributed by atoms with Crippen molar-refractivity contribution >= 4 is 12.0 Å². The minimum atomic E-state index is -1.70. The number of phenolic OH excluding ortho intramolecular Hbond substituents is 1. The van der Waals surface area contributed by atoms with Gasteiger partial charge in [-0.15, -0.1) is 6.58 Å². The predicted molar refractivity (Wildman–Crippen MR) is 154 cm³/mol. The molecule has 0 unspecified atom stereocenters. The van der Waals surface area contributed by atoms with Crippen molar-refractivity contribution in [3.8, 4) is 5.75 Å². The lowest BCUT2D eigenvalue weighted by molar-refractivity contribution is -0.364. The molecule has 3 rings (SSSR count). The van der Waals surface area contributed by atoms with Crippen LogP contribution in [-0.2, 0) is 28.5 Å². The number of carbonyl (C=O) groups excluding carboxylic acids is 1. The summed E-state index contributed by atoms with van der Waals surface area (Å²) in [5.74, 6) is -0.672. The van der Waals surface area contributed by atoms with Crippen molar-refractivity contribution in [1.82, 2.24) is 0 Å². The average Bonchev–Trinajstić information content (AvgIpc) is 2.97. The van der Waals surface area contributed by atoms with Gasteiger partial charge in [-0.05, 0) is 64.3 Å². The minimum absolute atomic E-state index is 0.0784. The van der Waals surface area contributed by atoms with Gasteiger partial charge in [-0.25, -0.2) is 4.79 Å². The zero-order valence-corrected chi connectivity index (χ0v) is 24.9. The van der Waals surface area contributed by atoms with Gasteiger partial charge in [0.2, 0.25) is 0 Å². The van der Waals surface area contributed by atoms with Crippen LogP contribution in [0.5, 0.6) is 5.75 Å². The van der Waals surface area contributed by atoms with Crippen LogP contribution >= 0.6 is 0 Å². The molecule has 12 nitrogen and oxygen atoms in total. The normalized spacial score (nSPS) is 34.3. The van der Waals surface area contributed by atoms with Crippen LogP contribution in [0.15, 0.2) is 54.6 Å². The number of hydrogen-bond donors (Lipinski definition) is 6. The average molecular weight is 609 g/mol. The van der Waals surface area contributed by atoms with Crippen LogP contribution < -0.4 is 0 Å². The van der Waals surface area contributed by atoms with Crippen LogP contribution in [0.2, 0.25) is 0 Å². The molecule has 1 aromatic carbocycles. The second-order valence-corrected chi connectivity index (χ2v) is 11.3. The Balaban J connectivity index is 1.78. The highest BCUT2D eigenvalue weighted by molar-refractivity contribution is 5.87. The van der Waals surface area contributed by atoms with Crippen molar-refractivity contribution < 1.29 is 59.1 Å². The Morgan fingerprint density at radius 2 is 1.65 bits per heavy atom. The molecule has 43 heavy (non-hydrogen) atoms. The lowest BCUT2D eigenvalue weighted by atomic mass is 9.95. The van der Waals surface area contributed by atoms with Crippen molar-refractivity contribution in [2.75, 3.05) is 6.61 Å². The molecule has 2 fully saturated rings. The van der Waals surface area contributed by atoms with E-state index in [1.807, 2.05) is 19.9 Å². The number of esters is 1. The molecule has 0 saturated carbocycles. The zero-order chi connectivity index (χ0) is 31.9. The molecule has 2 aliphatic heterocycles. The number of allylic oxidation sites excluding steroid dienone is 2. The topological polar surface area (TPSA) is 185 Å². The summed E-state index contributed by atoms with van der Waals surface area (Å²) in [7, 11) is 0. The van der Waals surface area contributed by atoms with Crippen LogP contribution in [0, 0.1) is 0 Å². The molecule has 240 valence electrons. The number of phenols is 1. The van der Waals surface area contributed by atoms with Gasteiger partial charge in [0.25, 0.3) is 0 Å². The first-order valence-electron chi connectivity index (χ1n) is 14.2. The molecule has 0 aromatic heterocycles. The number of aliphatic hydroxyl groups excluding tert-OH is 5. The van der Waals surface area contributed by atoms with E-state index in [9.17, 15) is 35.4 Å². The molecule has 1 aromatic rings. The third-order valence-electron chi connectivity index (χ3n) is 7.45. The maximum Gasteiger partial charge on any atom is 0.330 e. The third-order valence-corrected chi connectivity index (χ3v) is 7.45. The van der Waals surface area contributed by atoms with E-state index in [1.54, 1.807) is 25.1 Å². The summed E-state index contributed by atoms with van der Waals surface area (Å²) < 4.78 is 28.6. The number of ether oxygens (including phenoxy) is 5. The minimum Gasteiger partial charge on any atom is -0.508 e. The maximum absolute atomic E-state index is 12.4. The van der Waals surface area contributed by atoms with Gasteiger partial charge >= 0.3 is 5.97 Å². The van der Waals surface area contributed by atoms with Crippen molar-refractivity contribution in [2.24, 2.45) is 0 Å². The fourth-order valence-corrected chi connectivity index (χ4v) is 4.66. The van der Waals surface area contributed by atoms with Gasteiger partial charge in [0.05, 0.1) is 11.7 Å². The van der Waals surface area contributed by atoms with Crippen molar-refractivity contribution in [1.29, 1.82) is 0 Å². The first kappa shape index (κ1) is 34.8. The van der Waals surface area contributed by atoms with E-state index < -0.39 is 79.6 Å². The predicted octanol–water partition coefficient (Wildman–Crippen LogP) is 1.32. The second-order valence-electron chi connectivity index (χ2n) is 11.3. The number of carbonyl (C=O) groups is 1. The lowest BCUT2D eigenvalue weighted by Gasteiger charge is -2.47. The number of hydrogen-bond acceptors (Lipinski definition) is 12. The van der Waals surface area contributed by atoms with Crippen LogP contribution in [0.25, 0.3) is 6.08 Å². The lowest BCUT2D eigenvalue weighted by Crippen LogP contribution is -2.65. The fraction of sp³-hybridized carbons (Fsp3) is 0.581. The molecule has 12 heteroatoms. The van der Waals surface area contributed by atoms with Gasteiger partial charge in [0.1, 0.15) is 55.1 Å². The molecule has 0 bridgehead atoms. The van der Waals surface area contributed by atoms with Crippen LogP contribution in [0.1, 0.15) is 46.1 Å². The number of aliphatic hydroxyl groups is 5. The Morgan fingerprint density at radius 1 is 0.977 bits per heavy atom. The summed E-state index contributed by atoms with van der Waals surface area (Å²) in [5, 5.41) is 62.5. The SMILES string of the molecule is C=C[C@@](C)(CCC=C(C)C)O[C@@H]1O[C@H](COC(=O)C=Cc2ccc(O)cc2)[C@@H](O)[C@H](O[C@@H]2O[C@@H](C)[C@H](O)[C@@H](O)[C@H]2O)[C@H]1O. The molecule has 2 heterocycles. The highest BCUT2D eigenvalue weighted by Gasteiger charge is 2.51. The Labute approximate surface area is 251 Å². The van der Waals surface area contributed by atoms with Gasteiger partial charge in [-0.2, -0.15) is 0 Å². The summed E-state index contributed by atoms with van der Waals surface area (Å²) in [6.45, 7) is 10.6. The number of rotatable bonds is 12. The van der Waals surface area contributed by atoms with Crippen molar-refractivity contribution in [2.45, 2.75) is 108 Å². The fourth-order valence-electron chi connectivity index (χ4n) is 4.66. The molecular formula is C31H44O12. The van der Waals surface area contributed by atoms with E-state index in [0.717, 1.165) is 11.6 Å². The van der Waals surface area contributed by atoms with E-state index in [-0.39, 0.29) is 5.75 Å². The highest BCUT2D eigenvalue weighted by atomic mass is 16.7. The molecule has 11 atom stereocenters. The smallest absolute Gasteiger partial charge is 0.330 e. The molecule has 0 amide bonds. The van der Waals surface area contributed by atoms with Crippen LogP contribution in [-0.4, -0.2) is 110 Å². The highest BCUT2D eigenvalue weighted by Crippen LogP contribution is 2.33. The van der Waals surface area contributed by atoms with Gasteiger partial charge < -0.3 is 54.3 Å². The zero-order valence-electron chi connectivity index (χ0n) is 24.9. The molecule has 0 spiro atoms. The van der Waals surface area contributed by atoms with Gasteiger partial charge in [-0.1, -0.05) is 29.9 Å². The Morgan fingerprint density at radius 3 is 2.28 bits per heavy atom. The van der Waals surface area contributed by atoms with Crippen LogP contribution in [0.4, 0.5) is 0 Å². The molecule has 2 aliphatic rings. The summed E-state index contributed by atoms with van der Waals surface area (Å²) >= 11 is 0. The summed E-state index contributed by atoms with van der Waals surface area (Å²) in [6, 6.07) is 6.14. The van der Waals surface area contributed by atoms with E-state index in [0.29, 0.717) is 18.4 Å². The first-order valence-corrected chi connectivity index (χ1v) is 14.2. The Hall–Kier alpha value is -2.65. The monoisotopic (exact) mass is 608 g/mol. The van der Waals surface area contributed by atoms with Crippen molar-refractivity contribution in [3.63, 3.8) is 0 Å². The van der Waals surface area contributed by atoms with E-state index in [4.69, 9.17) is 23.7 Å². The van der Waals surface area contributed by atoms with Gasteiger partial charge in [0, 0.05) is 6.08 Å². The van der Waals surface area contributed by atoms with E-state index >= 15 is 0 Å². The number of benzene rings is 1. The summed E-state index contributed by atoms with van der Waals surface area (Å²) in [4.78, 5) is 12.4. The summed E-state index contributed by atoms with van der Waals surface area (Å²) in [5.41, 5.74) is 0.776. The molecule has 0 aliphatic carbocycles. The largest absolute Gasteiger partial charge is 0.508 e. The van der Waals surface area contributed by atoms with Gasteiger partial charge in [0.15, 0.2) is 12.6 Å². The quantitative estimate of drug-likeness (QED) is 0.114. The molecule has 0 radical (unpaired) electrons. The van der Waals surface area contributed by atoms with E-state index in [2.05, 4.69) is 6.58 Å². The summed E-state index contributed by atoms with van der Waals surface area (Å²) in [6.07, 6.45) is -7.13. The Bertz CT molecular complexity index is 1120. The molecule has 2 saturated heterocycles. The third kappa shape index (κ3) is 9.42. The Kier molecular flexibility index (Phi) is 12.5. The molecule has 6 N–H and O–H groups in total. The number of aromatic hydroxyl groups is 1. The second kappa shape index (κ2) is 15.4. The standard InChI is InChI=1S/C31H44O12/c1-6-31(5,15-7-8-17(2)3)43-30-27(38)28(42-29-26(37)25(36)23(34)18(4)40-29)24(35)21(41-30)16-39-22(33)14-11-19-9-12-20(32)13-10-19/h6,8-14,18,21,23-30,32,34-38H,1,7,15-16H2,2-5H3/t18-,21+,23-,24+,25+,26+,27+,28-,29-,30-,31-/m0/s1. The van der Waals surface area contributed by atoms with Gasteiger partial charge in [-0.3, -0.25) is 0 Å². The van der Waals surface area contributed by atoms with Crippen molar-refractivity contribution in [3.05, 3.63) is 60.2 Å². The van der Waals surface area contributed by atoms with Crippen LogP contribution in [0.3, 0.4) is 0 Å². The maximum atomic E-state index is 12.4. The first-order chi connectivity index (χ1) is 20.2. The molecular weight excluding hydrogens is 564 g/mol.